The largest absolute Gasteiger partial charge is 0.493 e. The molecule has 1 N–H and O–H groups in total. The first-order valence-electron chi connectivity index (χ1n) is 12.6. The average molecular weight is 510 g/mol. The minimum atomic E-state index is -0.966. The summed E-state index contributed by atoms with van der Waals surface area (Å²) in [4.78, 5) is 43.6. The maximum Gasteiger partial charge on any atom is 0.257 e. The van der Waals surface area contributed by atoms with Gasteiger partial charge >= 0.3 is 0 Å². The molecule has 9 nitrogen and oxygen atoms in total. The highest BCUT2D eigenvalue weighted by atomic mass is 16.5. The first-order chi connectivity index (χ1) is 17.7. The Balaban J connectivity index is 1.58. The van der Waals surface area contributed by atoms with Crippen LogP contribution in [0.15, 0.2) is 42.5 Å². The number of carbonyl (C=O) groups is 3. The van der Waals surface area contributed by atoms with Gasteiger partial charge in [0.1, 0.15) is 11.8 Å². The van der Waals surface area contributed by atoms with Crippen LogP contribution in [0.3, 0.4) is 0 Å². The minimum Gasteiger partial charge on any atom is -0.493 e. The minimum absolute atomic E-state index is 0.0691. The van der Waals surface area contributed by atoms with Crippen LogP contribution in [0.5, 0.6) is 11.5 Å². The number of hydrogen-bond acceptors (Lipinski definition) is 6. The SMILES string of the molecule is COc1ccc(C(=O)N2CCC3(CC2)OCC(C(=O)NC(C)C)N3C(=O)c2ccccc2C)cc1OC. The number of amides is 3. The molecule has 1 atom stereocenters. The molecule has 0 saturated carbocycles. The zero-order valence-electron chi connectivity index (χ0n) is 22.1. The number of piperidine rings is 1. The van der Waals surface area contributed by atoms with Crippen LogP contribution in [-0.2, 0) is 9.53 Å². The van der Waals surface area contributed by atoms with E-state index in [1.54, 1.807) is 41.2 Å². The Kier molecular flexibility index (Phi) is 7.73. The highest BCUT2D eigenvalue weighted by Crippen LogP contribution is 2.39. The molecular formula is C28H35N3O6. The second-order valence-electron chi connectivity index (χ2n) is 9.79. The van der Waals surface area contributed by atoms with Gasteiger partial charge in [0.25, 0.3) is 11.8 Å². The van der Waals surface area contributed by atoms with Crippen LogP contribution in [0.2, 0.25) is 0 Å². The first kappa shape index (κ1) is 26.5. The van der Waals surface area contributed by atoms with E-state index in [4.69, 9.17) is 14.2 Å². The molecule has 4 rings (SSSR count). The second kappa shape index (κ2) is 10.8. The van der Waals surface area contributed by atoms with Crippen molar-refractivity contribution in [1.29, 1.82) is 0 Å². The van der Waals surface area contributed by atoms with Crippen molar-refractivity contribution in [2.45, 2.75) is 51.4 Å². The lowest BCUT2D eigenvalue weighted by Crippen LogP contribution is -2.60. The monoisotopic (exact) mass is 509 g/mol. The standard InChI is InChI=1S/C28H35N3O6/c1-18(2)29-25(32)22-17-37-28(31(22)27(34)21-9-7-6-8-19(21)3)12-14-30(15-13-28)26(33)20-10-11-23(35-4)24(16-20)36-5/h6-11,16,18,22H,12-15,17H2,1-5H3,(H,29,32). The Labute approximate surface area is 217 Å². The van der Waals surface area contributed by atoms with E-state index in [9.17, 15) is 14.4 Å². The zero-order valence-corrected chi connectivity index (χ0v) is 22.1. The van der Waals surface area contributed by atoms with Crippen LogP contribution in [0, 0.1) is 6.92 Å². The van der Waals surface area contributed by atoms with Crippen LogP contribution in [0.1, 0.15) is 53.0 Å². The summed E-state index contributed by atoms with van der Waals surface area (Å²) in [6, 6.07) is 11.6. The third kappa shape index (κ3) is 5.13. The van der Waals surface area contributed by atoms with E-state index in [0.717, 1.165) is 5.56 Å². The van der Waals surface area contributed by atoms with E-state index < -0.39 is 11.8 Å². The van der Waals surface area contributed by atoms with Gasteiger partial charge in [0.05, 0.1) is 20.8 Å². The fraction of sp³-hybridized carbons (Fsp3) is 0.464. The number of methoxy groups -OCH3 is 2. The summed E-state index contributed by atoms with van der Waals surface area (Å²) in [5.74, 6) is 0.415. The fourth-order valence-corrected chi connectivity index (χ4v) is 5.10. The third-order valence-corrected chi connectivity index (χ3v) is 7.05. The summed E-state index contributed by atoms with van der Waals surface area (Å²) in [6.07, 6.45) is 0.796. The average Bonchev–Trinajstić information content (AvgIpc) is 3.26. The molecule has 2 aliphatic heterocycles. The molecule has 0 radical (unpaired) electrons. The van der Waals surface area contributed by atoms with Gasteiger partial charge in [0.15, 0.2) is 11.5 Å². The van der Waals surface area contributed by atoms with Crippen molar-refractivity contribution in [3.63, 3.8) is 0 Å². The van der Waals surface area contributed by atoms with Gasteiger partial charge in [-0.1, -0.05) is 18.2 Å². The Hall–Kier alpha value is -3.59. The molecule has 198 valence electrons. The zero-order chi connectivity index (χ0) is 26.7. The predicted molar refractivity (Wildman–Crippen MR) is 138 cm³/mol. The molecule has 37 heavy (non-hydrogen) atoms. The number of likely N-dealkylation sites (tertiary alicyclic amines) is 1. The Morgan fingerprint density at radius 2 is 1.68 bits per heavy atom. The van der Waals surface area contributed by atoms with Crippen molar-refractivity contribution in [2.75, 3.05) is 33.9 Å². The molecule has 2 aromatic rings. The van der Waals surface area contributed by atoms with Gasteiger partial charge in [-0.05, 0) is 50.6 Å². The second-order valence-corrected chi connectivity index (χ2v) is 9.79. The summed E-state index contributed by atoms with van der Waals surface area (Å²) in [6.45, 7) is 6.52. The molecular weight excluding hydrogens is 474 g/mol. The van der Waals surface area contributed by atoms with E-state index in [0.29, 0.717) is 48.6 Å². The van der Waals surface area contributed by atoms with E-state index in [1.165, 1.54) is 7.11 Å². The van der Waals surface area contributed by atoms with Crippen LogP contribution in [0.25, 0.3) is 0 Å². The van der Waals surface area contributed by atoms with Gasteiger partial charge < -0.3 is 24.4 Å². The molecule has 2 aromatic carbocycles. The van der Waals surface area contributed by atoms with Crippen LogP contribution in [-0.4, -0.2) is 79.2 Å². The van der Waals surface area contributed by atoms with Gasteiger partial charge in [0, 0.05) is 43.1 Å². The van der Waals surface area contributed by atoms with Gasteiger partial charge in [-0.3, -0.25) is 19.3 Å². The Morgan fingerprint density at radius 3 is 2.30 bits per heavy atom. The molecule has 2 heterocycles. The summed E-state index contributed by atoms with van der Waals surface area (Å²) < 4.78 is 16.9. The number of nitrogens with zero attached hydrogens (tertiary/aromatic N) is 2. The maximum absolute atomic E-state index is 13.9. The molecule has 0 aliphatic carbocycles. The Morgan fingerprint density at radius 1 is 1.00 bits per heavy atom. The maximum atomic E-state index is 13.9. The lowest BCUT2D eigenvalue weighted by Gasteiger charge is -2.44. The summed E-state index contributed by atoms with van der Waals surface area (Å²) in [5.41, 5.74) is 0.896. The molecule has 3 amide bonds. The predicted octanol–water partition coefficient (Wildman–Crippen LogP) is 3.01. The van der Waals surface area contributed by atoms with Crippen molar-refractivity contribution < 1.29 is 28.6 Å². The van der Waals surface area contributed by atoms with Crippen molar-refractivity contribution in [2.24, 2.45) is 0 Å². The van der Waals surface area contributed by atoms with E-state index >= 15 is 0 Å². The van der Waals surface area contributed by atoms with E-state index in [-0.39, 0.29) is 30.4 Å². The van der Waals surface area contributed by atoms with Crippen LogP contribution >= 0.6 is 0 Å². The summed E-state index contributed by atoms with van der Waals surface area (Å²) >= 11 is 0. The van der Waals surface area contributed by atoms with Crippen molar-refractivity contribution in [1.82, 2.24) is 15.1 Å². The quantitative estimate of drug-likeness (QED) is 0.643. The number of rotatable bonds is 6. The van der Waals surface area contributed by atoms with Crippen molar-refractivity contribution >= 4 is 17.7 Å². The molecule has 1 unspecified atom stereocenters. The molecule has 9 heteroatoms. The smallest absolute Gasteiger partial charge is 0.257 e. The molecule has 2 fully saturated rings. The number of carbonyl (C=O) groups excluding carboxylic acids is 3. The first-order valence-corrected chi connectivity index (χ1v) is 12.6. The highest BCUT2D eigenvalue weighted by molar-refractivity contribution is 5.99. The lowest BCUT2D eigenvalue weighted by molar-refractivity contribution is -0.128. The van der Waals surface area contributed by atoms with Crippen molar-refractivity contribution in [3.8, 4) is 11.5 Å². The Bertz CT molecular complexity index is 1170. The highest BCUT2D eigenvalue weighted by Gasteiger charge is 2.54. The van der Waals surface area contributed by atoms with Crippen LogP contribution in [0.4, 0.5) is 0 Å². The molecule has 2 aliphatic rings. The normalized spacial score (nSPS) is 18.7. The van der Waals surface area contributed by atoms with Crippen molar-refractivity contribution in [3.05, 3.63) is 59.2 Å². The molecule has 0 bridgehead atoms. The topological polar surface area (TPSA) is 97.4 Å². The number of benzene rings is 2. The van der Waals surface area contributed by atoms with Crippen LogP contribution < -0.4 is 14.8 Å². The van der Waals surface area contributed by atoms with E-state index in [1.807, 2.05) is 39.0 Å². The third-order valence-electron chi connectivity index (χ3n) is 7.05. The fourth-order valence-electron chi connectivity index (χ4n) is 5.10. The van der Waals surface area contributed by atoms with Gasteiger partial charge in [0.2, 0.25) is 5.91 Å². The summed E-state index contributed by atoms with van der Waals surface area (Å²) in [5, 5.41) is 2.93. The van der Waals surface area contributed by atoms with Gasteiger partial charge in [-0.25, -0.2) is 0 Å². The molecule has 1 spiro atoms. The molecule has 2 saturated heterocycles. The van der Waals surface area contributed by atoms with Gasteiger partial charge in [-0.15, -0.1) is 0 Å². The summed E-state index contributed by atoms with van der Waals surface area (Å²) in [7, 11) is 3.07. The molecule has 0 aromatic heterocycles. The van der Waals surface area contributed by atoms with Gasteiger partial charge in [-0.2, -0.15) is 0 Å². The van der Waals surface area contributed by atoms with E-state index in [2.05, 4.69) is 5.32 Å². The number of hydrogen-bond donors (Lipinski definition) is 1. The lowest BCUT2D eigenvalue weighted by atomic mass is 9.95. The number of ether oxygens (including phenoxy) is 3. The number of aryl methyl sites for hydroxylation is 1. The number of nitrogens with one attached hydrogen (secondary N) is 1.